The quantitative estimate of drug-likeness (QED) is 0.542. The van der Waals surface area contributed by atoms with E-state index in [4.69, 9.17) is 4.74 Å². The molecule has 6 heteroatoms. The van der Waals surface area contributed by atoms with E-state index in [1.807, 2.05) is 66.7 Å². The highest BCUT2D eigenvalue weighted by Gasteiger charge is 2.05. The van der Waals surface area contributed by atoms with Crippen molar-refractivity contribution in [2.24, 2.45) is 0 Å². The van der Waals surface area contributed by atoms with Crippen LogP contribution < -0.4 is 15.4 Å². The minimum absolute atomic E-state index is 0.218. The zero-order valence-corrected chi connectivity index (χ0v) is 16.5. The third-order valence-corrected chi connectivity index (χ3v) is 5.10. The summed E-state index contributed by atoms with van der Waals surface area (Å²) in [7, 11) is 1.65. The van der Waals surface area contributed by atoms with Gasteiger partial charge in [0.15, 0.2) is 0 Å². The molecule has 0 radical (unpaired) electrons. The van der Waals surface area contributed by atoms with E-state index in [1.165, 1.54) is 0 Å². The standard InChI is InChI=1S/C22H23N3O2S/c1-27-20-10-3-2-8-18(20)12-14-24-22(26)25-19-9-6-7-17(15-19)16-28-21-11-4-5-13-23-21/h2-11,13,15H,12,14,16H2,1H3,(H2,24,25,26). The number of pyridine rings is 1. The van der Waals surface area contributed by atoms with Crippen molar-refractivity contribution in [1.29, 1.82) is 0 Å². The Kier molecular flexibility index (Phi) is 7.32. The maximum atomic E-state index is 12.2. The number of ether oxygens (including phenoxy) is 1. The minimum atomic E-state index is -0.218. The number of anilines is 1. The molecule has 1 aromatic heterocycles. The molecule has 0 fully saturated rings. The van der Waals surface area contributed by atoms with Gasteiger partial charge in [-0.2, -0.15) is 0 Å². The van der Waals surface area contributed by atoms with E-state index in [2.05, 4.69) is 15.6 Å². The molecule has 1 heterocycles. The number of methoxy groups -OCH3 is 1. The van der Waals surface area contributed by atoms with Crippen LogP contribution in [0, 0.1) is 0 Å². The van der Waals surface area contributed by atoms with E-state index >= 15 is 0 Å². The van der Waals surface area contributed by atoms with Crippen LogP contribution in [0.5, 0.6) is 5.75 Å². The van der Waals surface area contributed by atoms with Crippen LogP contribution in [0.1, 0.15) is 11.1 Å². The van der Waals surface area contributed by atoms with Gasteiger partial charge in [0, 0.05) is 24.2 Å². The Morgan fingerprint density at radius 2 is 1.93 bits per heavy atom. The summed E-state index contributed by atoms with van der Waals surface area (Å²) in [5, 5.41) is 6.76. The van der Waals surface area contributed by atoms with E-state index in [0.717, 1.165) is 33.3 Å². The van der Waals surface area contributed by atoms with Crippen molar-refractivity contribution in [1.82, 2.24) is 10.3 Å². The number of carbonyl (C=O) groups excluding carboxylic acids is 1. The SMILES string of the molecule is COc1ccccc1CCNC(=O)Nc1cccc(CSc2ccccn2)c1. The van der Waals surface area contributed by atoms with Crippen molar-refractivity contribution in [2.75, 3.05) is 19.0 Å². The number of nitrogens with zero attached hydrogens (tertiary/aromatic N) is 1. The zero-order chi connectivity index (χ0) is 19.6. The Bertz CT molecular complexity index is 903. The average Bonchev–Trinajstić information content (AvgIpc) is 2.73. The van der Waals surface area contributed by atoms with Gasteiger partial charge >= 0.3 is 6.03 Å². The molecule has 2 amide bonds. The molecular weight excluding hydrogens is 370 g/mol. The number of hydrogen-bond acceptors (Lipinski definition) is 4. The van der Waals surface area contributed by atoms with Crippen molar-refractivity contribution in [3.8, 4) is 5.75 Å². The minimum Gasteiger partial charge on any atom is -0.496 e. The molecule has 0 aliphatic carbocycles. The molecule has 0 atom stereocenters. The van der Waals surface area contributed by atoms with Crippen molar-refractivity contribution >= 4 is 23.5 Å². The molecule has 0 saturated carbocycles. The zero-order valence-electron chi connectivity index (χ0n) is 15.7. The highest BCUT2D eigenvalue weighted by atomic mass is 32.2. The number of urea groups is 1. The molecule has 144 valence electrons. The molecule has 0 unspecified atom stereocenters. The predicted octanol–water partition coefficient (Wildman–Crippen LogP) is 4.75. The van der Waals surface area contributed by atoms with Crippen LogP contribution in [0.15, 0.2) is 78.0 Å². The Morgan fingerprint density at radius 1 is 1.07 bits per heavy atom. The third kappa shape index (κ3) is 6.03. The Hall–Kier alpha value is -2.99. The summed E-state index contributed by atoms with van der Waals surface area (Å²) < 4.78 is 5.33. The van der Waals surface area contributed by atoms with Gasteiger partial charge < -0.3 is 15.4 Å². The normalized spacial score (nSPS) is 10.3. The first-order chi connectivity index (χ1) is 13.7. The number of nitrogens with one attached hydrogen (secondary N) is 2. The second-order valence-corrected chi connectivity index (χ2v) is 7.10. The maximum absolute atomic E-state index is 12.2. The molecule has 28 heavy (non-hydrogen) atoms. The molecular formula is C22H23N3O2S. The second kappa shape index (κ2) is 10.4. The number of benzene rings is 2. The monoisotopic (exact) mass is 393 g/mol. The van der Waals surface area contributed by atoms with E-state index in [9.17, 15) is 4.79 Å². The average molecular weight is 394 g/mol. The fourth-order valence-electron chi connectivity index (χ4n) is 2.72. The number of para-hydroxylation sites is 1. The van der Waals surface area contributed by atoms with Crippen LogP contribution in [-0.2, 0) is 12.2 Å². The lowest BCUT2D eigenvalue weighted by Crippen LogP contribution is -2.30. The van der Waals surface area contributed by atoms with Crippen molar-refractivity contribution in [3.63, 3.8) is 0 Å². The van der Waals surface area contributed by atoms with Gasteiger partial charge in [-0.25, -0.2) is 9.78 Å². The van der Waals surface area contributed by atoms with Gasteiger partial charge in [0.1, 0.15) is 5.75 Å². The summed E-state index contributed by atoms with van der Waals surface area (Å²) in [4.78, 5) is 16.5. The van der Waals surface area contributed by atoms with Gasteiger partial charge in [-0.05, 0) is 47.9 Å². The largest absolute Gasteiger partial charge is 0.496 e. The number of amides is 2. The predicted molar refractivity (Wildman–Crippen MR) is 114 cm³/mol. The fraction of sp³-hybridized carbons (Fsp3) is 0.182. The Balaban J connectivity index is 1.47. The number of thioether (sulfide) groups is 1. The van der Waals surface area contributed by atoms with Crippen LogP contribution in [0.25, 0.3) is 0 Å². The van der Waals surface area contributed by atoms with E-state index < -0.39 is 0 Å². The molecule has 2 N–H and O–H groups in total. The molecule has 3 rings (SSSR count). The third-order valence-electron chi connectivity index (χ3n) is 4.08. The lowest BCUT2D eigenvalue weighted by atomic mass is 10.1. The summed E-state index contributed by atoms with van der Waals surface area (Å²) in [5.41, 5.74) is 2.97. The van der Waals surface area contributed by atoms with Crippen LogP contribution in [-0.4, -0.2) is 24.7 Å². The number of carbonyl (C=O) groups is 1. The molecule has 0 aliphatic heterocycles. The molecule has 5 nitrogen and oxygen atoms in total. The summed E-state index contributed by atoms with van der Waals surface area (Å²) in [6.07, 6.45) is 2.49. The van der Waals surface area contributed by atoms with E-state index in [0.29, 0.717) is 13.0 Å². The van der Waals surface area contributed by atoms with Crippen molar-refractivity contribution in [3.05, 3.63) is 84.1 Å². The highest BCUT2D eigenvalue weighted by Crippen LogP contribution is 2.22. The molecule has 2 aromatic carbocycles. The van der Waals surface area contributed by atoms with Gasteiger partial charge in [0.2, 0.25) is 0 Å². The first-order valence-electron chi connectivity index (χ1n) is 9.04. The topological polar surface area (TPSA) is 63.2 Å². The first kappa shape index (κ1) is 19.8. The molecule has 0 saturated heterocycles. The van der Waals surface area contributed by atoms with E-state index in [1.54, 1.807) is 25.1 Å². The van der Waals surface area contributed by atoms with Crippen molar-refractivity contribution in [2.45, 2.75) is 17.2 Å². The Morgan fingerprint density at radius 3 is 2.75 bits per heavy atom. The van der Waals surface area contributed by atoms with Crippen LogP contribution in [0.3, 0.4) is 0 Å². The van der Waals surface area contributed by atoms with Gasteiger partial charge in [-0.1, -0.05) is 36.4 Å². The van der Waals surface area contributed by atoms with Crippen LogP contribution in [0.4, 0.5) is 10.5 Å². The molecule has 0 aliphatic rings. The lowest BCUT2D eigenvalue weighted by molar-refractivity contribution is 0.252. The number of aromatic nitrogens is 1. The molecule has 0 spiro atoms. The highest BCUT2D eigenvalue weighted by molar-refractivity contribution is 7.98. The fourth-order valence-corrected chi connectivity index (χ4v) is 3.53. The van der Waals surface area contributed by atoms with Crippen LogP contribution in [0.2, 0.25) is 0 Å². The first-order valence-corrected chi connectivity index (χ1v) is 10.0. The summed E-state index contributed by atoms with van der Waals surface area (Å²) in [6, 6.07) is 21.3. The summed E-state index contributed by atoms with van der Waals surface area (Å²) >= 11 is 1.66. The second-order valence-electron chi connectivity index (χ2n) is 6.10. The molecule has 0 bridgehead atoms. The van der Waals surface area contributed by atoms with Gasteiger partial charge in [0.05, 0.1) is 12.1 Å². The number of hydrogen-bond donors (Lipinski definition) is 2. The smallest absolute Gasteiger partial charge is 0.319 e. The maximum Gasteiger partial charge on any atom is 0.319 e. The summed E-state index contributed by atoms with van der Waals surface area (Å²) in [5.74, 6) is 1.63. The summed E-state index contributed by atoms with van der Waals surface area (Å²) in [6.45, 7) is 0.529. The molecule has 3 aromatic rings. The van der Waals surface area contributed by atoms with E-state index in [-0.39, 0.29) is 6.03 Å². The van der Waals surface area contributed by atoms with Crippen LogP contribution >= 0.6 is 11.8 Å². The lowest BCUT2D eigenvalue weighted by Gasteiger charge is -2.11. The Labute approximate surface area is 169 Å². The van der Waals surface area contributed by atoms with Crippen molar-refractivity contribution < 1.29 is 9.53 Å². The number of rotatable bonds is 8. The van der Waals surface area contributed by atoms with Gasteiger partial charge in [-0.15, -0.1) is 11.8 Å². The van der Waals surface area contributed by atoms with Gasteiger partial charge in [0.25, 0.3) is 0 Å². The van der Waals surface area contributed by atoms with Gasteiger partial charge in [-0.3, -0.25) is 0 Å².